The van der Waals surface area contributed by atoms with Gasteiger partial charge in [-0.25, -0.2) is 4.79 Å². The first-order valence-corrected chi connectivity index (χ1v) is 6.62. The molecule has 0 saturated carbocycles. The number of carbonyl (C=O) groups excluding carboxylic acids is 2. The fourth-order valence-electron chi connectivity index (χ4n) is 1.79. The van der Waals surface area contributed by atoms with Gasteiger partial charge in [-0.3, -0.25) is 4.79 Å². The molecule has 3 N–H and O–H groups in total. The number of nitrogens with one attached hydrogen (secondary N) is 1. The lowest BCUT2D eigenvalue weighted by atomic mass is 10.1. The summed E-state index contributed by atoms with van der Waals surface area (Å²) in [5, 5.41) is 3.00. The Balaban J connectivity index is 2.37. The van der Waals surface area contributed by atoms with Crippen LogP contribution in [0, 0.1) is 5.92 Å². The van der Waals surface area contributed by atoms with E-state index in [0.29, 0.717) is 18.7 Å². The zero-order valence-electron chi connectivity index (χ0n) is 9.85. The first-order valence-electron chi connectivity index (χ1n) is 5.99. The van der Waals surface area contributed by atoms with E-state index < -0.39 is 11.9 Å². The second-order valence-corrected chi connectivity index (χ2v) is 4.56. The smallest absolute Gasteiger partial charge is 0.330 e. The lowest BCUT2D eigenvalue weighted by molar-refractivity contribution is -0.163. The number of ether oxygens (including phenoxy) is 1. The van der Waals surface area contributed by atoms with E-state index in [4.69, 9.17) is 10.5 Å². The maximum absolute atomic E-state index is 11.7. The molecular formula is C11H20N2O3S. The van der Waals surface area contributed by atoms with Gasteiger partial charge in [-0.15, -0.1) is 0 Å². The number of carbonyl (C=O) groups is 2. The van der Waals surface area contributed by atoms with Crippen LogP contribution in [0.5, 0.6) is 0 Å². The molecule has 0 aliphatic carbocycles. The maximum atomic E-state index is 11.7. The Morgan fingerprint density at radius 3 is 2.82 bits per heavy atom. The van der Waals surface area contributed by atoms with Gasteiger partial charge in [-0.1, -0.05) is 0 Å². The van der Waals surface area contributed by atoms with Crippen LogP contribution >= 0.6 is 12.6 Å². The minimum absolute atomic E-state index is 0.325. The topological polar surface area (TPSA) is 81.4 Å². The van der Waals surface area contributed by atoms with Crippen LogP contribution in [0.25, 0.3) is 0 Å². The molecule has 0 spiro atoms. The van der Waals surface area contributed by atoms with Crippen molar-refractivity contribution >= 4 is 24.6 Å². The number of rotatable bonds is 6. The number of esters is 2. The van der Waals surface area contributed by atoms with Crippen molar-refractivity contribution in [1.29, 1.82) is 0 Å². The maximum Gasteiger partial charge on any atom is 0.330 e. The van der Waals surface area contributed by atoms with E-state index in [1.54, 1.807) is 0 Å². The third-order valence-corrected chi connectivity index (χ3v) is 3.30. The van der Waals surface area contributed by atoms with Gasteiger partial charge < -0.3 is 15.8 Å². The van der Waals surface area contributed by atoms with Crippen LogP contribution in [0.3, 0.4) is 0 Å². The van der Waals surface area contributed by atoms with E-state index in [1.165, 1.54) is 0 Å². The molecule has 1 aliphatic rings. The largest absolute Gasteiger partial charge is 0.392 e. The summed E-state index contributed by atoms with van der Waals surface area (Å²) >= 11 is 4.09. The quantitative estimate of drug-likeness (QED) is 0.358. The summed E-state index contributed by atoms with van der Waals surface area (Å²) in [6, 6.07) is -0.325. The van der Waals surface area contributed by atoms with Crippen molar-refractivity contribution in [3.8, 4) is 0 Å². The molecule has 5 nitrogen and oxygen atoms in total. The SMILES string of the molecule is NCCCC(CS)C(=O)OC(=O)[C@@H]1CCCN1. The minimum atomic E-state index is -0.479. The molecule has 1 fully saturated rings. The van der Waals surface area contributed by atoms with E-state index in [1.807, 2.05) is 0 Å². The predicted octanol–water partition coefficient (Wildman–Crippen LogP) is 0.0931. The van der Waals surface area contributed by atoms with Gasteiger partial charge in [0.15, 0.2) is 0 Å². The Morgan fingerprint density at radius 2 is 2.29 bits per heavy atom. The third-order valence-electron chi connectivity index (χ3n) is 2.86. The van der Waals surface area contributed by atoms with Gasteiger partial charge in [0.1, 0.15) is 6.04 Å². The van der Waals surface area contributed by atoms with Gasteiger partial charge >= 0.3 is 11.9 Å². The molecule has 6 heteroatoms. The highest BCUT2D eigenvalue weighted by Crippen LogP contribution is 2.13. The fourth-order valence-corrected chi connectivity index (χ4v) is 2.12. The van der Waals surface area contributed by atoms with Crippen LogP contribution in [0.4, 0.5) is 0 Å². The van der Waals surface area contributed by atoms with Gasteiger partial charge in [0, 0.05) is 5.75 Å². The molecule has 1 rings (SSSR count). The van der Waals surface area contributed by atoms with Crippen LogP contribution in [0.15, 0.2) is 0 Å². The van der Waals surface area contributed by atoms with E-state index in [-0.39, 0.29) is 12.0 Å². The summed E-state index contributed by atoms with van der Waals surface area (Å²) in [5.74, 6) is -0.907. The van der Waals surface area contributed by atoms with Crippen LogP contribution in [0.1, 0.15) is 25.7 Å². The van der Waals surface area contributed by atoms with Crippen molar-refractivity contribution in [3.05, 3.63) is 0 Å². The summed E-state index contributed by atoms with van der Waals surface area (Å²) in [6.07, 6.45) is 3.03. The molecule has 1 aliphatic heterocycles. The third kappa shape index (κ3) is 4.65. The molecule has 0 aromatic rings. The standard InChI is InChI=1S/C11H20N2O3S/c12-5-1-3-8(7-17)10(14)16-11(15)9-4-2-6-13-9/h8-9,13,17H,1-7,12H2/t8?,9-/m0/s1. The number of nitrogens with two attached hydrogens (primary N) is 1. The molecule has 0 radical (unpaired) electrons. The molecular weight excluding hydrogens is 240 g/mol. The van der Waals surface area contributed by atoms with Gasteiger partial charge in [-0.2, -0.15) is 12.6 Å². The Morgan fingerprint density at radius 1 is 1.53 bits per heavy atom. The normalized spacial score (nSPS) is 21.2. The second-order valence-electron chi connectivity index (χ2n) is 4.20. The van der Waals surface area contributed by atoms with Crippen molar-refractivity contribution in [1.82, 2.24) is 5.32 Å². The van der Waals surface area contributed by atoms with Crippen molar-refractivity contribution in [2.24, 2.45) is 11.7 Å². The number of hydrogen-bond acceptors (Lipinski definition) is 6. The summed E-state index contributed by atoms with van der Waals surface area (Å²) < 4.78 is 4.85. The van der Waals surface area contributed by atoms with E-state index in [2.05, 4.69) is 17.9 Å². The van der Waals surface area contributed by atoms with Crippen molar-refractivity contribution in [2.75, 3.05) is 18.8 Å². The molecule has 0 aromatic heterocycles. The molecule has 1 saturated heterocycles. The first-order chi connectivity index (χ1) is 8.19. The molecule has 0 bridgehead atoms. The molecule has 17 heavy (non-hydrogen) atoms. The van der Waals surface area contributed by atoms with Crippen LogP contribution in [0.2, 0.25) is 0 Å². The summed E-state index contributed by atoms with van der Waals surface area (Å²) in [6.45, 7) is 1.33. The van der Waals surface area contributed by atoms with E-state index in [0.717, 1.165) is 25.8 Å². The predicted molar refractivity (Wildman–Crippen MR) is 67.8 cm³/mol. The van der Waals surface area contributed by atoms with Crippen LogP contribution in [-0.2, 0) is 14.3 Å². The minimum Gasteiger partial charge on any atom is -0.392 e. The molecule has 2 atom stereocenters. The van der Waals surface area contributed by atoms with Gasteiger partial charge in [0.25, 0.3) is 0 Å². The van der Waals surface area contributed by atoms with Crippen molar-refractivity contribution in [3.63, 3.8) is 0 Å². The monoisotopic (exact) mass is 260 g/mol. The first kappa shape index (κ1) is 14.5. The Labute approximate surface area is 107 Å². The van der Waals surface area contributed by atoms with E-state index >= 15 is 0 Å². The van der Waals surface area contributed by atoms with Crippen LogP contribution < -0.4 is 11.1 Å². The highest BCUT2D eigenvalue weighted by Gasteiger charge is 2.28. The van der Waals surface area contributed by atoms with Crippen molar-refractivity contribution in [2.45, 2.75) is 31.7 Å². The van der Waals surface area contributed by atoms with Crippen LogP contribution in [-0.4, -0.2) is 36.8 Å². The highest BCUT2D eigenvalue weighted by molar-refractivity contribution is 7.80. The zero-order valence-corrected chi connectivity index (χ0v) is 10.7. The molecule has 0 amide bonds. The highest BCUT2D eigenvalue weighted by atomic mass is 32.1. The van der Waals surface area contributed by atoms with E-state index in [9.17, 15) is 9.59 Å². The Bertz CT molecular complexity index is 267. The fraction of sp³-hybridized carbons (Fsp3) is 0.818. The lowest BCUT2D eigenvalue weighted by Gasteiger charge is -2.14. The number of hydrogen-bond donors (Lipinski definition) is 3. The Hall–Kier alpha value is -0.590. The molecule has 1 heterocycles. The summed E-state index contributed by atoms with van der Waals surface area (Å²) in [7, 11) is 0. The zero-order chi connectivity index (χ0) is 12.7. The molecule has 1 unspecified atom stereocenters. The summed E-state index contributed by atoms with van der Waals surface area (Å²) in [5.41, 5.74) is 5.38. The van der Waals surface area contributed by atoms with Crippen molar-refractivity contribution < 1.29 is 14.3 Å². The van der Waals surface area contributed by atoms with Gasteiger partial charge in [0.05, 0.1) is 5.92 Å². The number of thiol groups is 1. The second kappa shape index (κ2) is 7.68. The average Bonchev–Trinajstić information content (AvgIpc) is 2.83. The lowest BCUT2D eigenvalue weighted by Crippen LogP contribution is -2.35. The molecule has 0 aromatic carbocycles. The molecule has 98 valence electrons. The van der Waals surface area contributed by atoms with Gasteiger partial charge in [0.2, 0.25) is 0 Å². The summed E-state index contributed by atoms with van der Waals surface area (Å²) in [4.78, 5) is 23.3. The van der Waals surface area contributed by atoms with Gasteiger partial charge in [-0.05, 0) is 38.8 Å². The average molecular weight is 260 g/mol. The Kier molecular flexibility index (Phi) is 6.54.